The van der Waals surface area contributed by atoms with Crippen LogP contribution in [0, 0.1) is 6.92 Å². The summed E-state index contributed by atoms with van der Waals surface area (Å²) in [5, 5.41) is 11.6. The number of aryl methyl sites for hydroxylation is 1. The van der Waals surface area contributed by atoms with Crippen molar-refractivity contribution in [1.82, 2.24) is 30.5 Å². The first-order valence-corrected chi connectivity index (χ1v) is 8.33. The maximum atomic E-state index is 5.31. The van der Waals surface area contributed by atoms with Crippen LogP contribution in [0.3, 0.4) is 0 Å². The van der Waals surface area contributed by atoms with E-state index in [1.54, 1.807) is 0 Å². The zero-order valence-corrected chi connectivity index (χ0v) is 13.4. The molecule has 0 bridgehead atoms. The Morgan fingerprint density at radius 1 is 1.17 bits per heavy atom. The number of hydrogen-bond donors (Lipinski definition) is 1. The van der Waals surface area contributed by atoms with Gasteiger partial charge in [0.25, 0.3) is 0 Å². The van der Waals surface area contributed by atoms with Crippen molar-refractivity contribution in [2.45, 2.75) is 57.7 Å². The van der Waals surface area contributed by atoms with Crippen LogP contribution in [0.2, 0.25) is 0 Å². The van der Waals surface area contributed by atoms with Crippen LogP contribution in [0.25, 0.3) is 0 Å². The lowest BCUT2D eigenvalue weighted by atomic mass is 10.1. The lowest BCUT2D eigenvalue weighted by Crippen LogP contribution is -2.45. The number of hydrogen-bond acceptors (Lipinski definition) is 8. The van der Waals surface area contributed by atoms with Crippen LogP contribution in [0.5, 0.6) is 0 Å². The highest BCUT2D eigenvalue weighted by molar-refractivity contribution is 5.03. The molecule has 3 heterocycles. The van der Waals surface area contributed by atoms with Crippen LogP contribution in [-0.4, -0.2) is 44.3 Å². The highest BCUT2D eigenvalue weighted by Crippen LogP contribution is 2.38. The van der Waals surface area contributed by atoms with E-state index in [-0.39, 0.29) is 0 Å². The van der Waals surface area contributed by atoms with Gasteiger partial charge in [-0.25, -0.2) is 0 Å². The fraction of sp³-hybridized carbons (Fsp3) is 0.733. The second-order valence-electron chi connectivity index (χ2n) is 6.51. The minimum Gasteiger partial charge on any atom is -0.340 e. The highest BCUT2D eigenvalue weighted by atomic mass is 16.5. The molecule has 8 nitrogen and oxygen atoms in total. The Bertz CT molecular complexity index is 650. The Morgan fingerprint density at radius 3 is 2.87 bits per heavy atom. The molecule has 1 atom stereocenters. The van der Waals surface area contributed by atoms with E-state index in [9.17, 15) is 0 Å². The Hall–Kier alpha value is -1.80. The van der Waals surface area contributed by atoms with Gasteiger partial charge in [-0.3, -0.25) is 4.90 Å². The molecule has 124 valence electrons. The van der Waals surface area contributed by atoms with Crippen LogP contribution in [0.4, 0.5) is 0 Å². The molecule has 2 fully saturated rings. The van der Waals surface area contributed by atoms with E-state index < -0.39 is 0 Å². The van der Waals surface area contributed by atoms with E-state index in [1.807, 2.05) is 6.92 Å². The van der Waals surface area contributed by atoms with Crippen molar-refractivity contribution in [2.24, 2.45) is 0 Å². The Labute approximate surface area is 134 Å². The average molecular weight is 318 g/mol. The highest BCUT2D eigenvalue weighted by Gasteiger charge is 2.29. The smallest absolute Gasteiger partial charge is 0.240 e. The predicted molar refractivity (Wildman–Crippen MR) is 80.4 cm³/mol. The Morgan fingerprint density at radius 2 is 2.09 bits per heavy atom. The summed E-state index contributed by atoms with van der Waals surface area (Å²) in [6, 6.07) is 0.424. The van der Waals surface area contributed by atoms with Crippen molar-refractivity contribution in [3.63, 3.8) is 0 Å². The molecular formula is C15H22N6O2. The summed E-state index contributed by atoms with van der Waals surface area (Å²) in [4.78, 5) is 11.1. The number of rotatable bonds is 6. The zero-order valence-electron chi connectivity index (χ0n) is 13.4. The number of nitrogens with one attached hydrogen (secondary N) is 1. The fourth-order valence-electron chi connectivity index (χ4n) is 3.05. The van der Waals surface area contributed by atoms with Gasteiger partial charge in [0.05, 0.1) is 13.1 Å². The second-order valence-corrected chi connectivity index (χ2v) is 6.51. The molecule has 1 unspecified atom stereocenters. The van der Waals surface area contributed by atoms with Crippen LogP contribution in [0.1, 0.15) is 55.0 Å². The number of aromatic nitrogens is 4. The molecule has 1 saturated carbocycles. The van der Waals surface area contributed by atoms with Crippen molar-refractivity contribution in [2.75, 3.05) is 13.1 Å². The van der Waals surface area contributed by atoms with Gasteiger partial charge in [-0.2, -0.15) is 9.97 Å². The number of nitrogens with zero attached hydrogens (tertiary/aromatic N) is 5. The van der Waals surface area contributed by atoms with E-state index in [2.05, 4.69) is 30.5 Å². The summed E-state index contributed by atoms with van der Waals surface area (Å²) in [6.45, 7) is 5.23. The van der Waals surface area contributed by atoms with Gasteiger partial charge in [-0.05, 0) is 32.2 Å². The third kappa shape index (κ3) is 3.76. The van der Waals surface area contributed by atoms with E-state index in [1.165, 1.54) is 12.8 Å². The van der Waals surface area contributed by atoms with E-state index in [4.69, 9.17) is 9.05 Å². The molecule has 1 N–H and O–H groups in total. The van der Waals surface area contributed by atoms with Crippen LogP contribution < -0.4 is 5.32 Å². The maximum Gasteiger partial charge on any atom is 0.240 e. The van der Waals surface area contributed by atoms with Crippen LogP contribution in [-0.2, 0) is 13.1 Å². The Kier molecular flexibility index (Phi) is 4.09. The first-order valence-electron chi connectivity index (χ1n) is 8.33. The monoisotopic (exact) mass is 318 g/mol. The van der Waals surface area contributed by atoms with E-state index >= 15 is 0 Å². The van der Waals surface area contributed by atoms with Crippen molar-refractivity contribution in [1.29, 1.82) is 0 Å². The summed E-state index contributed by atoms with van der Waals surface area (Å²) in [7, 11) is 0. The molecule has 2 aromatic heterocycles. The third-order valence-corrected chi connectivity index (χ3v) is 4.41. The molecule has 1 saturated heterocycles. The van der Waals surface area contributed by atoms with Crippen molar-refractivity contribution < 1.29 is 9.05 Å². The SMILES string of the molecule is Cc1nc(CN2CCCC(NCc3nc(C4CC4)no3)C2)no1. The van der Waals surface area contributed by atoms with Crippen molar-refractivity contribution in [3.05, 3.63) is 23.4 Å². The number of piperidine rings is 1. The van der Waals surface area contributed by atoms with Gasteiger partial charge in [0.2, 0.25) is 11.8 Å². The quantitative estimate of drug-likeness (QED) is 0.854. The lowest BCUT2D eigenvalue weighted by Gasteiger charge is -2.32. The van der Waals surface area contributed by atoms with Crippen LogP contribution in [0.15, 0.2) is 9.05 Å². The first kappa shape index (κ1) is 14.8. The molecule has 4 rings (SSSR count). The van der Waals surface area contributed by atoms with Crippen LogP contribution >= 0.6 is 0 Å². The fourth-order valence-corrected chi connectivity index (χ4v) is 3.05. The van der Waals surface area contributed by atoms with Gasteiger partial charge < -0.3 is 14.4 Å². The maximum absolute atomic E-state index is 5.31. The van der Waals surface area contributed by atoms with Gasteiger partial charge in [0.15, 0.2) is 11.6 Å². The van der Waals surface area contributed by atoms with Gasteiger partial charge in [-0.1, -0.05) is 10.3 Å². The summed E-state index contributed by atoms with van der Waals surface area (Å²) < 4.78 is 10.3. The molecular weight excluding hydrogens is 296 g/mol. The summed E-state index contributed by atoms with van der Waals surface area (Å²) in [5.74, 6) is 3.48. The first-order chi connectivity index (χ1) is 11.3. The topological polar surface area (TPSA) is 93.1 Å². The lowest BCUT2D eigenvalue weighted by molar-refractivity contribution is 0.174. The molecule has 0 aromatic carbocycles. The molecule has 8 heteroatoms. The third-order valence-electron chi connectivity index (χ3n) is 4.41. The summed E-state index contributed by atoms with van der Waals surface area (Å²) >= 11 is 0. The predicted octanol–water partition coefficient (Wildman–Crippen LogP) is 1.39. The summed E-state index contributed by atoms with van der Waals surface area (Å²) in [5.41, 5.74) is 0. The molecule has 2 aliphatic rings. The van der Waals surface area contributed by atoms with Crippen molar-refractivity contribution >= 4 is 0 Å². The second kappa shape index (κ2) is 6.37. The van der Waals surface area contributed by atoms with E-state index in [0.29, 0.717) is 30.3 Å². The number of likely N-dealkylation sites (tertiary alicyclic amines) is 1. The molecule has 0 amide bonds. The normalized spacial score (nSPS) is 22.6. The van der Waals surface area contributed by atoms with Gasteiger partial charge in [0, 0.05) is 25.4 Å². The molecule has 1 aliphatic carbocycles. The van der Waals surface area contributed by atoms with Crippen molar-refractivity contribution in [3.8, 4) is 0 Å². The molecule has 0 spiro atoms. The minimum atomic E-state index is 0.424. The largest absolute Gasteiger partial charge is 0.340 e. The standard InChI is InChI=1S/C15H22N6O2/c1-10-17-13(19-22-10)9-21-6-2-3-12(8-21)16-7-14-18-15(20-23-14)11-4-5-11/h11-12,16H,2-9H2,1H3. The van der Waals surface area contributed by atoms with Gasteiger partial charge in [-0.15, -0.1) is 0 Å². The van der Waals surface area contributed by atoms with Gasteiger partial charge >= 0.3 is 0 Å². The molecule has 1 aliphatic heterocycles. The van der Waals surface area contributed by atoms with E-state index in [0.717, 1.165) is 44.1 Å². The Balaban J connectivity index is 1.26. The molecule has 2 aromatic rings. The average Bonchev–Trinajstić information content (AvgIpc) is 3.16. The minimum absolute atomic E-state index is 0.424. The zero-order chi connectivity index (χ0) is 15.6. The summed E-state index contributed by atoms with van der Waals surface area (Å²) in [6.07, 6.45) is 4.70. The van der Waals surface area contributed by atoms with Gasteiger partial charge in [0.1, 0.15) is 0 Å². The molecule has 0 radical (unpaired) electrons. The molecule has 23 heavy (non-hydrogen) atoms.